The number of morpholine rings is 1. The molecule has 114 valence electrons. The maximum absolute atomic E-state index is 5.83. The first-order valence-electron chi connectivity index (χ1n) is 7.10. The van der Waals surface area contributed by atoms with E-state index in [1.165, 1.54) is 4.70 Å². The zero-order valence-electron chi connectivity index (χ0n) is 11.8. The highest BCUT2D eigenvalue weighted by molar-refractivity contribution is 7.22. The van der Waals surface area contributed by atoms with Gasteiger partial charge in [-0.25, -0.2) is 4.98 Å². The van der Waals surface area contributed by atoms with Gasteiger partial charge in [-0.15, -0.1) is 10.2 Å². The standard InChI is InChI=1S/C14H15N5OS2/c1-2-4-12-11(3-1)17-13(22-12)15-7-10-8-19(5-6-20-10)14-18-16-9-21-14/h1-4,9-10H,5-8H2,(H,15,17)/t10-/m0/s1. The van der Waals surface area contributed by atoms with Crippen LogP contribution in [0.1, 0.15) is 0 Å². The van der Waals surface area contributed by atoms with Crippen molar-refractivity contribution in [2.24, 2.45) is 0 Å². The first kappa shape index (κ1) is 13.9. The van der Waals surface area contributed by atoms with E-state index in [4.69, 9.17) is 4.74 Å². The average Bonchev–Trinajstić information content (AvgIpc) is 3.22. The normalized spacial score (nSPS) is 18.7. The van der Waals surface area contributed by atoms with Crippen LogP contribution in [0, 0.1) is 0 Å². The van der Waals surface area contributed by atoms with Gasteiger partial charge in [-0.2, -0.15) is 0 Å². The Bertz CT molecular complexity index is 712. The average molecular weight is 333 g/mol. The Morgan fingerprint density at radius 1 is 1.36 bits per heavy atom. The minimum atomic E-state index is 0.129. The van der Waals surface area contributed by atoms with Gasteiger partial charge in [0.15, 0.2) is 5.13 Å². The monoisotopic (exact) mass is 333 g/mol. The molecule has 0 saturated carbocycles. The largest absolute Gasteiger partial charge is 0.373 e. The number of ether oxygens (including phenoxy) is 1. The van der Waals surface area contributed by atoms with E-state index in [2.05, 4.69) is 31.5 Å². The molecule has 8 heteroatoms. The first-order chi connectivity index (χ1) is 10.9. The van der Waals surface area contributed by atoms with Crippen LogP contribution >= 0.6 is 22.7 Å². The van der Waals surface area contributed by atoms with Crippen molar-refractivity contribution in [2.45, 2.75) is 6.10 Å². The molecule has 0 spiro atoms. The van der Waals surface area contributed by atoms with Crippen molar-refractivity contribution < 1.29 is 4.74 Å². The third-order valence-corrected chi connectivity index (χ3v) is 5.28. The molecule has 22 heavy (non-hydrogen) atoms. The molecule has 1 aliphatic rings. The summed E-state index contributed by atoms with van der Waals surface area (Å²) in [6.45, 7) is 3.15. The molecule has 0 radical (unpaired) electrons. The van der Waals surface area contributed by atoms with Gasteiger partial charge in [-0.05, 0) is 12.1 Å². The van der Waals surface area contributed by atoms with Crippen molar-refractivity contribution in [1.82, 2.24) is 15.2 Å². The van der Waals surface area contributed by atoms with Crippen LogP contribution in [0.15, 0.2) is 29.8 Å². The lowest BCUT2D eigenvalue weighted by Gasteiger charge is -2.32. The Hall–Kier alpha value is -1.77. The Kier molecular flexibility index (Phi) is 3.88. The van der Waals surface area contributed by atoms with Crippen molar-refractivity contribution >= 4 is 43.2 Å². The molecule has 3 aromatic rings. The lowest BCUT2D eigenvalue weighted by molar-refractivity contribution is 0.0492. The van der Waals surface area contributed by atoms with Gasteiger partial charge in [0.25, 0.3) is 0 Å². The fourth-order valence-electron chi connectivity index (χ4n) is 2.47. The molecule has 2 aromatic heterocycles. The number of para-hydroxylation sites is 1. The molecule has 0 bridgehead atoms. The van der Waals surface area contributed by atoms with E-state index in [1.54, 1.807) is 28.2 Å². The lowest BCUT2D eigenvalue weighted by atomic mass is 10.3. The predicted octanol–water partition coefficient (Wildman–Crippen LogP) is 2.47. The van der Waals surface area contributed by atoms with Crippen LogP contribution in [0.4, 0.5) is 10.3 Å². The second-order valence-electron chi connectivity index (χ2n) is 5.03. The number of nitrogens with zero attached hydrogens (tertiary/aromatic N) is 4. The highest BCUT2D eigenvalue weighted by Gasteiger charge is 2.22. The minimum absolute atomic E-state index is 0.129. The van der Waals surface area contributed by atoms with E-state index in [9.17, 15) is 0 Å². The number of hydrogen-bond acceptors (Lipinski definition) is 8. The van der Waals surface area contributed by atoms with Crippen molar-refractivity contribution in [3.8, 4) is 0 Å². The Morgan fingerprint density at radius 2 is 2.32 bits per heavy atom. The summed E-state index contributed by atoms with van der Waals surface area (Å²) in [7, 11) is 0. The molecule has 0 unspecified atom stereocenters. The highest BCUT2D eigenvalue weighted by Crippen LogP contribution is 2.25. The van der Waals surface area contributed by atoms with Crippen molar-refractivity contribution in [3.63, 3.8) is 0 Å². The minimum Gasteiger partial charge on any atom is -0.373 e. The van der Waals surface area contributed by atoms with Gasteiger partial charge in [-0.3, -0.25) is 0 Å². The van der Waals surface area contributed by atoms with Crippen LogP contribution < -0.4 is 10.2 Å². The van der Waals surface area contributed by atoms with E-state index in [1.807, 2.05) is 18.2 Å². The van der Waals surface area contributed by atoms with E-state index in [-0.39, 0.29) is 6.10 Å². The molecule has 1 fully saturated rings. The Morgan fingerprint density at radius 3 is 3.18 bits per heavy atom. The number of rotatable bonds is 4. The van der Waals surface area contributed by atoms with Crippen LogP contribution in [0.3, 0.4) is 0 Å². The molecule has 0 amide bonds. The Labute approximate surface area is 135 Å². The SMILES string of the molecule is c1ccc2sc(NC[C@H]3CN(c4nncs4)CCO3)nc2c1. The first-order valence-corrected chi connectivity index (χ1v) is 8.80. The second-order valence-corrected chi connectivity index (χ2v) is 6.87. The number of thiazole rings is 1. The van der Waals surface area contributed by atoms with Crippen LogP contribution in [-0.4, -0.2) is 47.5 Å². The summed E-state index contributed by atoms with van der Waals surface area (Å²) in [6, 6.07) is 8.17. The fourth-order valence-corrected chi connectivity index (χ4v) is 3.94. The molecule has 1 aliphatic heterocycles. The summed E-state index contributed by atoms with van der Waals surface area (Å²) in [5, 5.41) is 13.3. The number of anilines is 2. The summed E-state index contributed by atoms with van der Waals surface area (Å²) in [5.41, 5.74) is 2.80. The summed E-state index contributed by atoms with van der Waals surface area (Å²) in [6.07, 6.45) is 0.129. The van der Waals surface area contributed by atoms with Crippen molar-refractivity contribution in [2.75, 3.05) is 36.5 Å². The number of aromatic nitrogens is 3. The van der Waals surface area contributed by atoms with Gasteiger partial charge in [0.2, 0.25) is 5.13 Å². The summed E-state index contributed by atoms with van der Waals surface area (Å²) < 4.78 is 7.03. The van der Waals surface area contributed by atoms with Crippen LogP contribution in [-0.2, 0) is 4.74 Å². The lowest BCUT2D eigenvalue weighted by Crippen LogP contribution is -2.45. The molecule has 1 N–H and O–H groups in total. The van der Waals surface area contributed by atoms with Crippen molar-refractivity contribution in [3.05, 3.63) is 29.8 Å². The fraction of sp³-hybridized carbons (Fsp3) is 0.357. The molecule has 3 heterocycles. The summed E-state index contributed by atoms with van der Waals surface area (Å²) in [5.74, 6) is 0. The summed E-state index contributed by atoms with van der Waals surface area (Å²) in [4.78, 5) is 6.81. The topological polar surface area (TPSA) is 63.2 Å². The second kappa shape index (κ2) is 6.15. The molecule has 1 atom stereocenters. The highest BCUT2D eigenvalue weighted by atomic mass is 32.1. The number of fused-ring (bicyclic) bond motifs is 1. The van der Waals surface area contributed by atoms with Gasteiger partial charge in [0, 0.05) is 19.6 Å². The molecule has 6 nitrogen and oxygen atoms in total. The number of benzene rings is 1. The summed E-state index contributed by atoms with van der Waals surface area (Å²) >= 11 is 3.24. The number of hydrogen-bond donors (Lipinski definition) is 1. The zero-order chi connectivity index (χ0) is 14.8. The van der Waals surface area contributed by atoms with Gasteiger partial charge in [0.05, 0.1) is 22.9 Å². The predicted molar refractivity (Wildman–Crippen MR) is 90.0 cm³/mol. The molecule has 4 rings (SSSR count). The maximum atomic E-state index is 5.83. The van der Waals surface area contributed by atoms with Crippen molar-refractivity contribution in [1.29, 1.82) is 0 Å². The number of nitrogens with one attached hydrogen (secondary N) is 1. The van der Waals surface area contributed by atoms with Gasteiger partial charge in [-0.1, -0.05) is 34.8 Å². The van der Waals surface area contributed by atoms with E-state index < -0.39 is 0 Å². The smallest absolute Gasteiger partial charge is 0.208 e. The molecule has 0 aliphatic carbocycles. The van der Waals surface area contributed by atoms with E-state index >= 15 is 0 Å². The Balaban J connectivity index is 1.38. The van der Waals surface area contributed by atoms with Gasteiger partial charge >= 0.3 is 0 Å². The van der Waals surface area contributed by atoms with E-state index in [0.29, 0.717) is 6.61 Å². The van der Waals surface area contributed by atoms with Crippen LogP contribution in [0.5, 0.6) is 0 Å². The van der Waals surface area contributed by atoms with Crippen LogP contribution in [0.25, 0.3) is 10.2 Å². The molecular formula is C14H15N5OS2. The molecular weight excluding hydrogens is 318 g/mol. The zero-order valence-corrected chi connectivity index (χ0v) is 13.4. The van der Waals surface area contributed by atoms with Gasteiger partial charge in [0.1, 0.15) is 5.51 Å². The quantitative estimate of drug-likeness (QED) is 0.791. The third-order valence-electron chi connectivity index (χ3n) is 3.53. The van der Waals surface area contributed by atoms with Crippen LogP contribution in [0.2, 0.25) is 0 Å². The maximum Gasteiger partial charge on any atom is 0.208 e. The molecule has 1 aromatic carbocycles. The third kappa shape index (κ3) is 2.90. The molecule has 1 saturated heterocycles. The van der Waals surface area contributed by atoms with E-state index in [0.717, 1.165) is 35.4 Å². The van der Waals surface area contributed by atoms with Gasteiger partial charge < -0.3 is 15.0 Å².